The van der Waals surface area contributed by atoms with Gasteiger partial charge in [-0.3, -0.25) is 4.90 Å². The first kappa shape index (κ1) is 11.2. The molecule has 1 unspecified atom stereocenters. The molecule has 0 aromatic carbocycles. The zero-order valence-electron chi connectivity index (χ0n) is 9.25. The minimum absolute atomic E-state index is 0.173. The molecule has 1 aliphatic heterocycles. The molecule has 0 radical (unpaired) electrons. The zero-order valence-corrected chi connectivity index (χ0v) is 9.25. The van der Waals surface area contributed by atoms with E-state index in [4.69, 9.17) is 4.74 Å². The van der Waals surface area contributed by atoms with Crippen LogP contribution in [0, 0.1) is 0 Å². The Hall–Kier alpha value is -0.830. The molecule has 1 heterocycles. The lowest BCUT2D eigenvalue weighted by atomic mass is 10.0. The molecule has 0 N–H and O–H groups in total. The van der Waals surface area contributed by atoms with E-state index in [0.29, 0.717) is 6.04 Å². The number of esters is 1. The summed E-state index contributed by atoms with van der Waals surface area (Å²) >= 11 is 0. The third kappa shape index (κ3) is 2.58. The maximum Gasteiger partial charge on any atom is 0.333 e. The van der Waals surface area contributed by atoms with Gasteiger partial charge in [0.1, 0.15) is 0 Å². The number of carbonyl (C=O) groups is 1. The summed E-state index contributed by atoms with van der Waals surface area (Å²) < 4.78 is 4.71. The second-order valence-corrected chi connectivity index (χ2v) is 3.71. The summed E-state index contributed by atoms with van der Waals surface area (Å²) in [4.78, 5) is 13.6. The molecule has 0 fully saturated rings. The van der Waals surface area contributed by atoms with Crippen LogP contribution in [0.4, 0.5) is 0 Å². The number of ether oxygens (including phenoxy) is 1. The molecule has 0 saturated carbocycles. The fourth-order valence-corrected chi connectivity index (χ4v) is 1.85. The van der Waals surface area contributed by atoms with Crippen molar-refractivity contribution in [2.24, 2.45) is 0 Å². The van der Waals surface area contributed by atoms with Gasteiger partial charge in [0.25, 0.3) is 0 Å². The lowest BCUT2D eigenvalue weighted by Gasteiger charge is -2.31. The molecule has 0 bridgehead atoms. The summed E-state index contributed by atoms with van der Waals surface area (Å²) in [5, 5.41) is 0. The average molecular weight is 197 g/mol. The molecule has 0 aromatic heterocycles. The highest BCUT2D eigenvalue weighted by atomic mass is 16.5. The van der Waals surface area contributed by atoms with Crippen LogP contribution in [-0.4, -0.2) is 37.1 Å². The Bertz CT molecular complexity index is 235. The minimum Gasteiger partial charge on any atom is -0.466 e. The lowest BCUT2D eigenvalue weighted by molar-refractivity contribution is -0.136. The molecule has 1 atom stereocenters. The SMILES string of the molecule is CCCN1CCC(C(=O)OC)=CC1C. The number of carbonyl (C=O) groups excluding carboxylic acids is 1. The Morgan fingerprint density at radius 3 is 2.93 bits per heavy atom. The smallest absolute Gasteiger partial charge is 0.333 e. The van der Waals surface area contributed by atoms with E-state index in [-0.39, 0.29) is 5.97 Å². The van der Waals surface area contributed by atoms with E-state index in [2.05, 4.69) is 18.7 Å². The van der Waals surface area contributed by atoms with Gasteiger partial charge in [-0.1, -0.05) is 13.0 Å². The third-order valence-corrected chi connectivity index (χ3v) is 2.65. The number of methoxy groups -OCH3 is 1. The molecule has 0 aromatic rings. The van der Waals surface area contributed by atoms with Crippen molar-refractivity contribution >= 4 is 5.97 Å². The Morgan fingerprint density at radius 2 is 2.43 bits per heavy atom. The van der Waals surface area contributed by atoms with E-state index in [0.717, 1.165) is 31.5 Å². The van der Waals surface area contributed by atoms with Gasteiger partial charge >= 0.3 is 5.97 Å². The topological polar surface area (TPSA) is 29.5 Å². The molecule has 0 aliphatic carbocycles. The first-order chi connectivity index (χ1) is 6.69. The molecule has 3 nitrogen and oxygen atoms in total. The molecule has 0 amide bonds. The zero-order chi connectivity index (χ0) is 10.6. The van der Waals surface area contributed by atoms with Crippen molar-refractivity contribution in [2.75, 3.05) is 20.2 Å². The van der Waals surface area contributed by atoms with Crippen molar-refractivity contribution in [1.82, 2.24) is 4.90 Å². The van der Waals surface area contributed by atoms with E-state index in [1.165, 1.54) is 7.11 Å². The normalized spacial score (nSPS) is 23.1. The predicted molar refractivity (Wildman–Crippen MR) is 56.0 cm³/mol. The van der Waals surface area contributed by atoms with Gasteiger partial charge in [-0.25, -0.2) is 4.79 Å². The van der Waals surface area contributed by atoms with Gasteiger partial charge in [-0.15, -0.1) is 0 Å². The summed E-state index contributed by atoms with van der Waals surface area (Å²) in [6.45, 7) is 6.37. The summed E-state index contributed by atoms with van der Waals surface area (Å²) in [7, 11) is 1.44. The van der Waals surface area contributed by atoms with Crippen molar-refractivity contribution in [3.05, 3.63) is 11.6 Å². The van der Waals surface area contributed by atoms with Crippen LogP contribution in [0.3, 0.4) is 0 Å². The molecule has 0 saturated heterocycles. The second-order valence-electron chi connectivity index (χ2n) is 3.71. The summed E-state index contributed by atoms with van der Waals surface area (Å²) in [5.41, 5.74) is 0.826. The fraction of sp³-hybridized carbons (Fsp3) is 0.727. The van der Waals surface area contributed by atoms with Crippen molar-refractivity contribution in [2.45, 2.75) is 32.7 Å². The second kappa shape index (κ2) is 5.15. The lowest BCUT2D eigenvalue weighted by Crippen LogP contribution is -2.37. The Labute approximate surface area is 85.7 Å². The average Bonchev–Trinajstić information content (AvgIpc) is 2.20. The highest BCUT2D eigenvalue weighted by Crippen LogP contribution is 2.17. The van der Waals surface area contributed by atoms with Crippen LogP contribution < -0.4 is 0 Å². The molecular formula is C11H19NO2. The van der Waals surface area contributed by atoms with E-state index in [9.17, 15) is 4.79 Å². The van der Waals surface area contributed by atoms with Crippen molar-refractivity contribution < 1.29 is 9.53 Å². The first-order valence-electron chi connectivity index (χ1n) is 5.22. The standard InChI is InChI=1S/C11H19NO2/c1-4-6-12-7-5-10(8-9(12)2)11(13)14-3/h8-9H,4-7H2,1-3H3. The summed E-state index contributed by atoms with van der Waals surface area (Å²) in [6.07, 6.45) is 3.99. The van der Waals surface area contributed by atoms with Gasteiger partial charge in [0.05, 0.1) is 7.11 Å². The third-order valence-electron chi connectivity index (χ3n) is 2.65. The highest BCUT2D eigenvalue weighted by Gasteiger charge is 2.21. The van der Waals surface area contributed by atoms with Gasteiger partial charge < -0.3 is 4.74 Å². The van der Waals surface area contributed by atoms with Crippen LogP contribution in [0.1, 0.15) is 26.7 Å². The van der Waals surface area contributed by atoms with Crippen LogP contribution in [0.5, 0.6) is 0 Å². The van der Waals surface area contributed by atoms with Gasteiger partial charge in [0.2, 0.25) is 0 Å². The minimum atomic E-state index is -0.173. The van der Waals surface area contributed by atoms with Crippen LogP contribution >= 0.6 is 0 Å². The Kier molecular flexibility index (Phi) is 4.14. The van der Waals surface area contributed by atoms with Crippen molar-refractivity contribution in [3.63, 3.8) is 0 Å². The summed E-state index contributed by atoms with van der Waals surface area (Å²) in [6, 6.07) is 0.359. The number of hydrogen-bond donors (Lipinski definition) is 0. The Morgan fingerprint density at radius 1 is 1.71 bits per heavy atom. The van der Waals surface area contributed by atoms with E-state index >= 15 is 0 Å². The van der Waals surface area contributed by atoms with Crippen LogP contribution in [-0.2, 0) is 9.53 Å². The molecule has 1 aliphatic rings. The largest absolute Gasteiger partial charge is 0.466 e. The number of nitrogens with zero attached hydrogens (tertiary/aromatic N) is 1. The van der Waals surface area contributed by atoms with Crippen LogP contribution in [0.15, 0.2) is 11.6 Å². The van der Waals surface area contributed by atoms with E-state index < -0.39 is 0 Å². The van der Waals surface area contributed by atoms with Crippen LogP contribution in [0.2, 0.25) is 0 Å². The number of hydrogen-bond acceptors (Lipinski definition) is 3. The summed E-state index contributed by atoms with van der Waals surface area (Å²) in [5.74, 6) is -0.173. The maximum absolute atomic E-state index is 11.3. The van der Waals surface area contributed by atoms with Crippen molar-refractivity contribution in [1.29, 1.82) is 0 Å². The highest BCUT2D eigenvalue weighted by molar-refractivity contribution is 5.88. The molecular weight excluding hydrogens is 178 g/mol. The fourth-order valence-electron chi connectivity index (χ4n) is 1.85. The van der Waals surface area contributed by atoms with Gasteiger partial charge in [0.15, 0.2) is 0 Å². The molecule has 14 heavy (non-hydrogen) atoms. The molecule has 1 rings (SSSR count). The van der Waals surface area contributed by atoms with Crippen molar-refractivity contribution in [3.8, 4) is 0 Å². The Balaban J connectivity index is 2.60. The molecule has 0 spiro atoms. The molecule has 80 valence electrons. The quantitative estimate of drug-likeness (QED) is 0.643. The predicted octanol–water partition coefficient (Wildman–Crippen LogP) is 1.59. The molecule has 3 heteroatoms. The van der Waals surface area contributed by atoms with E-state index in [1.54, 1.807) is 0 Å². The van der Waals surface area contributed by atoms with Gasteiger partial charge in [-0.05, 0) is 26.3 Å². The maximum atomic E-state index is 11.3. The first-order valence-corrected chi connectivity index (χ1v) is 5.22. The van der Waals surface area contributed by atoms with Gasteiger partial charge in [0, 0.05) is 18.2 Å². The number of rotatable bonds is 3. The van der Waals surface area contributed by atoms with Crippen LogP contribution in [0.25, 0.3) is 0 Å². The monoisotopic (exact) mass is 197 g/mol. The van der Waals surface area contributed by atoms with E-state index in [1.807, 2.05) is 6.08 Å². The van der Waals surface area contributed by atoms with Gasteiger partial charge in [-0.2, -0.15) is 0 Å².